The van der Waals surface area contributed by atoms with E-state index in [-0.39, 0.29) is 36.6 Å². The monoisotopic (exact) mass is 600 g/mol. The van der Waals surface area contributed by atoms with Crippen LogP contribution in [0.5, 0.6) is 0 Å². The van der Waals surface area contributed by atoms with Gasteiger partial charge in [-0.25, -0.2) is 4.79 Å². The molecule has 0 unspecified atom stereocenters. The summed E-state index contributed by atoms with van der Waals surface area (Å²) >= 11 is 0. The highest BCUT2D eigenvalue weighted by atomic mass is 19.4. The summed E-state index contributed by atoms with van der Waals surface area (Å²) in [6.45, 7) is 6.12. The number of rotatable bonds is 8. The number of aryl methyl sites for hydroxylation is 1. The number of halogens is 6. The van der Waals surface area contributed by atoms with E-state index in [4.69, 9.17) is 9.84 Å². The van der Waals surface area contributed by atoms with Gasteiger partial charge >= 0.3 is 24.4 Å². The molecular formula is C30H34F6N2O4. The maximum absolute atomic E-state index is 13.5. The summed E-state index contributed by atoms with van der Waals surface area (Å²) in [7, 11) is 0. The summed E-state index contributed by atoms with van der Waals surface area (Å²) in [5.41, 5.74) is -0.753. The normalized spacial score (nSPS) is 23.2. The predicted octanol–water partition coefficient (Wildman–Crippen LogP) is 7.97. The molecule has 0 radical (unpaired) electrons. The number of alkyl halides is 6. The zero-order valence-corrected chi connectivity index (χ0v) is 23.6. The van der Waals surface area contributed by atoms with E-state index in [9.17, 15) is 35.9 Å². The van der Waals surface area contributed by atoms with Crippen LogP contribution >= 0.6 is 0 Å². The van der Waals surface area contributed by atoms with Crippen molar-refractivity contribution in [3.8, 4) is 0 Å². The van der Waals surface area contributed by atoms with Crippen molar-refractivity contribution in [1.29, 1.82) is 0 Å². The molecule has 4 rings (SSSR count). The minimum Gasteiger partial charge on any atom is -0.481 e. The van der Waals surface area contributed by atoms with Crippen LogP contribution in [-0.4, -0.2) is 40.7 Å². The number of benzene rings is 2. The van der Waals surface area contributed by atoms with Crippen molar-refractivity contribution in [3.05, 3.63) is 64.2 Å². The van der Waals surface area contributed by atoms with Crippen molar-refractivity contribution in [2.45, 2.75) is 90.0 Å². The Bertz CT molecular complexity index is 1270. The van der Waals surface area contributed by atoms with Crippen molar-refractivity contribution in [1.82, 2.24) is 4.90 Å². The fraction of sp³-hybridized carbons (Fsp3) is 0.533. The molecule has 2 aromatic carbocycles. The second kappa shape index (κ2) is 12.0. The van der Waals surface area contributed by atoms with Crippen LogP contribution in [0.15, 0.2) is 36.4 Å². The first-order valence-electron chi connectivity index (χ1n) is 13.9. The number of nitrogens with zero attached hydrogens (tertiary/aromatic N) is 2. The van der Waals surface area contributed by atoms with E-state index in [0.717, 1.165) is 42.5 Å². The van der Waals surface area contributed by atoms with E-state index in [1.54, 1.807) is 6.92 Å². The van der Waals surface area contributed by atoms with E-state index < -0.39 is 47.7 Å². The van der Waals surface area contributed by atoms with Crippen LogP contribution in [0, 0.1) is 12.8 Å². The van der Waals surface area contributed by atoms with Gasteiger partial charge in [0.25, 0.3) is 0 Å². The standard InChI is InChI=1S/C30H34F6N2O4/c1-4-37(24-8-6-19(7-9-24)12-26(39)40)25-10-5-17(2)11-21(25)16-38-18(3)27(42-28(38)41)20-13-22(29(31,32)33)15-23(14-20)30(34,35)36/h5,10-11,13-15,18-19,24,27H,4,6-9,12,16H2,1-3H3,(H,39,40)/t18-,19?,24?,27-/m0/s1. The number of carboxylic acids is 1. The van der Waals surface area contributed by atoms with Crippen LogP contribution in [0.25, 0.3) is 0 Å². The molecular weight excluding hydrogens is 566 g/mol. The largest absolute Gasteiger partial charge is 0.481 e. The lowest BCUT2D eigenvalue weighted by Crippen LogP contribution is -2.39. The second-order valence-corrected chi connectivity index (χ2v) is 11.2. The van der Waals surface area contributed by atoms with Crippen molar-refractivity contribution in [3.63, 3.8) is 0 Å². The summed E-state index contributed by atoms with van der Waals surface area (Å²) in [5, 5.41) is 9.14. The van der Waals surface area contributed by atoms with Gasteiger partial charge in [-0.15, -0.1) is 0 Å². The summed E-state index contributed by atoms with van der Waals surface area (Å²) in [5.74, 6) is -0.683. The molecule has 2 aromatic rings. The summed E-state index contributed by atoms with van der Waals surface area (Å²) in [6.07, 6.45) is -8.89. The van der Waals surface area contributed by atoms with E-state index in [2.05, 4.69) is 4.90 Å². The number of ether oxygens (including phenoxy) is 1. The maximum Gasteiger partial charge on any atom is 0.416 e. The molecule has 0 bridgehead atoms. The van der Waals surface area contributed by atoms with Crippen LogP contribution in [-0.2, 0) is 28.4 Å². The van der Waals surface area contributed by atoms with E-state index in [0.29, 0.717) is 18.7 Å². The first kappa shape index (κ1) is 31.5. The average molecular weight is 601 g/mol. The van der Waals surface area contributed by atoms with Crippen LogP contribution in [0.2, 0.25) is 0 Å². The molecule has 2 aliphatic rings. The number of carbonyl (C=O) groups excluding carboxylic acids is 1. The smallest absolute Gasteiger partial charge is 0.416 e. The van der Waals surface area contributed by atoms with Gasteiger partial charge in [0, 0.05) is 24.7 Å². The molecule has 1 amide bonds. The molecule has 1 heterocycles. The van der Waals surface area contributed by atoms with Crippen molar-refractivity contribution < 1.29 is 45.8 Å². The van der Waals surface area contributed by atoms with Gasteiger partial charge in [0.1, 0.15) is 6.10 Å². The van der Waals surface area contributed by atoms with Gasteiger partial charge in [0.2, 0.25) is 0 Å². The first-order valence-corrected chi connectivity index (χ1v) is 13.9. The number of cyclic esters (lactones) is 1. The highest BCUT2D eigenvalue weighted by molar-refractivity contribution is 5.72. The fourth-order valence-corrected chi connectivity index (χ4v) is 6.14. The Labute approximate surface area is 240 Å². The average Bonchev–Trinajstić information content (AvgIpc) is 3.18. The Morgan fingerprint density at radius 1 is 1.00 bits per heavy atom. The van der Waals surface area contributed by atoms with Gasteiger partial charge in [-0.2, -0.15) is 26.3 Å². The van der Waals surface area contributed by atoms with E-state index in [1.165, 1.54) is 4.90 Å². The Morgan fingerprint density at radius 3 is 2.12 bits per heavy atom. The number of aliphatic carboxylic acids is 1. The highest BCUT2D eigenvalue weighted by Gasteiger charge is 2.43. The zero-order chi connectivity index (χ0) is 31.0. The summed E-state index contributed by atoms with van der Waals surface area (Å²) < 4.78 is 86.2. The van der Waals surface area contributed by atoms with Crippen LogP contribution in [0.4, 0.5) is 36.8 Å². The molecule has 1 aliphatic heterocycles. The molecule has 1 aliphatic carbocycles. The third kappa shape index (κ3) is 6.95. The number of hydrogen-bond acceptors (Lipinski definition) is 4. The predicted molar refractivity (Wildman–Crippen MR) is 143 cm³/mol. The minimum atomic E-state index is -5.02. The van der Waals surface area contributed by atoms with Crippen molar-refractivity contribution >= 4 is 17.7 Å². The van der Waals surface area contributed by atoms with Gasteiger partial charge in [0.05, 0.1) is 23.7 Å². The summed E-state index contributed by atoms with van der Waals surface area (Å²) in [4.78, 5) is 27.7. The number of amides is 1. The minimum absolute atomic E-state index is 0.0451. The third-order valence-corrected chi connectivity index (χ3v) is 8.28. The topological polar surface area (TPSA) is 70.1 Å². The number of anilines is 1. The molecule has 0 aromatic heterocycles. The molecule has 0 spiro atoms. The van der Waals surface area contributed by atoms with Crippen LogP contribution in [0.1, 0.15) is 79.9 Å². The Hall–Kier alpha value is -3.44. The fourth-order valence-electron chi connectivity index (χ4n) is 6.14. The number of carbonyl (C=O) groups is 2. The molecule has 12 heteroatoms. The maximum atomic E-state index is 13.5. The molecule has 42 heavy (non-hydrogen) atoms. The quantitative estimate of drug-likeness (QED) is 0.311. The Balaban J connectivity index is 1.60. The molecule has 2 atom stereocenters. The zero-order valence-electron chi connectivity index (χ0n) is 23.6. The van der Waals surface area contributed by atoms with Gasteiger partial charge < -0.3 is 14.7 Å². The lowest BCUT2D eigenvalue weighted by molar-refractivity contribution is -0.143. The molecule has 1 saturated heterocycles. The first-order chi connectivity index (χ1) is 19.6. The lowest BCUT2D eigenvalue weighted by atomic mass is 9.83. The molecule has 230 valence electrons. The molecule has 6 nitrogen and oxygen atoms in total. The van der Waals surface area contributed by atoms with Crippen molar-refractivity contribution in [2.24, 2.45) is 5.92 Å². The highest BCUT2D eigenvalue weighted by Crippen LogP contribution is 2.42. The number of carboxylic acid groups (broad SMARTS) is 1. The Kier molecular flexibility index (Phi) is 9.03. The van der Waals surface area contributed by atoms with Crippen molar-refractivity contribution in [2.75, 3.05) is 11.4 Å². The molecule has 1 saturated carbocycles. The van der Waals surface area contributed by atoms with E-state index >= 15 is 0 Å². The molecule has 1 N–H and O–H groups in total. The SMILES string of the molecule is CCN(c1ccc(C)cc1CN1C(=O)O[C@H](c2cc(C(F)(F)F)cc(C(F)(F)F)c2)[C@@H]1C)C1CCC(CC(=O)O)CC1. The number of hydrogen-bond donors (Lipinski definition) is 1. The lowest BCUT2D eigenvalue weighted by Gasteiger charge is -2.39. The Morgan fingerprint density at radius 2 is 1.60 bits per heavy atom. The molecule has 2 fully saturated rings. The van der Waals surface area contributed by atoms with Gasteiger partial charge in [-0.1, -0.05) is 17.7 Å². The van der Waals surface area contributed by atoms with Crippen LogP contribution in [0.3, 0.4) is 0 Å². The van der Waals surface area contributed by atoms with Gasteiger partial charge in [0.15, 0.2) is 0 Å². The third-order valence-electron chi connectivity index (χ3n) is 8.28. The second-order valence-electron chi connectivity index (χ2n) is 11.2. The van der Waals surface area contributed by atoms with Gasteiger partial charge in [-0.05, 0) is 87.8 Å². The summed E-state index contributed by atoms with van der Waals surface area (Å²) in [6, 6.07) is 6.36. The van der Waals surface area contributed by atoms with Crippen LogP contribution < -0.4 is 4.90 Å². The van der Waals surface area contributed by atoms with Gasteiger partial charge in [-0.3, -0.25) is 9.69 Å². The van der Waals surface area contributed by atoms with E-state index in [1.807, 2.05) is 32.0 Å².